The summed E-state index contributed by atoms with van der Waals surface area (Å²) in [5.74, 6) is 2.05. The number of nitrogens with zero attached hydrogens (tertiary/aromatic N) is 3. The molecule has 1 fully saturated rings. The molecule has 4 rings (SSSR count). The molecule has 3 heterocycles. The molecule has 158 valence electrons. The minimum Gasteiger partial charge on any atom is -0.497 e. The predicted molar refractivity (Wildman–Crippen MR) is 115 cm³/mol. The van der Waals surface area contributed by atoms with Crippen LogP contribution in [0, 0.1) is 6.92 Å². The van der Waals surface area contributed by atoms with Crippen molar-refractivity contribution in [3.63, 3.8) is 0 Å². The molecule has 0 aliphatic carbocycles. The molecule has 7 heteroatoms. The first-order chi connectivity index (χ1) is 14.6. The minimum absolute atomic E-state index is 0.148. The third kappa shape index (κ3) is 4.57. The van der Waals surface area contributed by atoms with Crippen LogP contribution in [0.3, 0.4) is 0 Å². The summed E-state index contributed by atoms with van der Waals surface area (Å²) >= 11 is 0. The maximum Gasteiger partial charge on any atom is 0.270 e. The number of aryl methyl sites for hydroxylation is 1. The fraction of sp³-hybridized carbons (Fsp3) is 0.391. The predicted octanol–water partition coefficient (Wildman–Crippen LogP) is 3.67. The van der Waals surface area contributed by atoms with E-state index < -0.39 is 0 Å². The Bertz CT molecular complexity index is 984. The summed E-state index contributed by atoms with van der Waals surface area (Å²) in [6.07, 6.45) is 3.78. The first-order valence-corrected chi connectivity index (χ1v) is 10.5. The molecule has 1 aromatic carbocycles. The van der Waals surface area contributed by atoms with Crippen LogP contribution < -0.4 is 10.1 Å². The number of rotatable bonds is 7. The molecule has 1 amide bonds. The zero-order valence-electron chi connectivity index (χ0n) is 17.6. The molecular weight excluding hydrogens is 380 g/mol. The number of piperidine rings is 1. The molecule has 1 saturated heterocycles. The number of benzene rings is 1. The van der Waals surface area contributed by atoms with E-state index in [9.17, 15) is 4.79 Å². The van der Waals surface area contributed by atoms with Gasteiger partial charge in [0.2, 0.25) is 0 Å². The molecule has 7 nitrogen and oxygen atoms in total. The average Bonchev–Trinajstić information content (AvgIpc) is 3.41. The molecule has 1 N–H and O–H groups in total. The topological polar surface area (TPSA) is 72.5 Å². The van der Waals surface area contributed by atoms with Gasteiger partial charge in [0, 0.05) is 19.2 Å². The Morgan fingerprint density at radius 2 is 1.90 bits per heavy atom. The number of methoxy groups -OCH3 is 1. The molecule has 1 aliphatic rings. The molecule has 30 heavy (non-hydrogen) atoms. The smallest absolute Gasteiger partial charge is 0.270 e. The van der Waals surface area contributed by atoms with Crippen LogP contribution in [0.2, 0.25) is 0 Å². The first kappa shape index (κ1) is 20.2. The van der Waals surface area contributed by atoms with E-state index in [1.54, 1.807) is 17.9 Å². The highest BCUT2D eigenvalue weighted by molar-refractivity contribution is 5.94. The van der Waals surface area contributed by atoms with Crippen molar-refractivity contribution in [1.82, 2.24) is 20.0 Å². The summed E-state index contributed by atoms with van der Waals surface area (Å²) in [6.45, 7) is 5.59. The SMILES string of the molecule is COc1ccc(-n2nc(-c3ccc(C)o3)cc2C(=O)NCCN2CCCCC2)cc1. The maximum atomic E-state index is 13.0. The number of carbonyl (C=O) groups excluding carboxylic acids is 1. The number of aromatic nitrogens is 2. The highest BCUT2D eigenvalue weighted by atomic mass is 16.5. The second-order valence-corrected chi connectivity index (χ2v) is 7.59. The van der Waals surface area contributed by atoms with Gasteiger partial charge in [-0.15, -0.1) is 0 Å². The molecular formula is C23H28N4O3. The van der Waals surface area contributed by atoms with Crippen LogP contribution in [-0.2, 0) is 0 Å². The Morgan fingerprint density at radius 1 is 1.13 bits per heavy atom. The van der Waals surface area contributed by atoms with Crippen LogP contribution in [0.4, 0.5) is 0 Å². The van der Waals surface area contributed by atoms with Gasteiger partial charge in [-0.1, -0.05) is 6.42 Å². The van der Waals surface area contributed by atoms with Crippen LogP contribution in [0.5, 0.6) is 5.75 Å². The second-order valence-electron chi connectivity index (χ2n) is 7.59. The maximum absolute atomic E-state index is 13.0. The van der Waals surface area contributed by atoms with Crippen LogP contribution in [-0.4, -0.2) is 53.9 Å². The fourth-order valence-corrected chi connectivity index (χ4v) is 3.76. The molecule has 0 saturated carbocycles. The lowest BCUT2D eigenvalue weighted by molar-refractivity contribution is 0.0939. The van der Waals surface area contributed by atoms with Gasteiger partial charge in [-0.3, -0.25) is 4.79 Å². The summed E-state index contributed by atoms with van der Waals surface area (Å²) in [7, 11) is 1.63. The number of likely N-dealkylation sites (tertiary alicyclic amines) is 1. The van der Waals surface area contributed by atoms with Crippen LogP contribution in [0.15, 0.2) is 46.9 Å². The van der Waals surface area contributed by atoms with Gasteiger partial charge in [-0.2, -0.15) is 5.10 Å². The van der Waals surface area contributed by atoms with Crippen LogP contribution >= 0.6 is 0 Å². The molecule has 1 aliphatic heterocycles. The van der Waals surface area contributed by atoms with Gasteiger partial charge >= 0.3 is 0 Å². The van der Waals surface area contributed by atoms with E-state index in [0.29, 0.717) is 23.7 Å². The molecule has 0 atom stereocenters. The number of hydrogen-bond donors (Lipinski definition) is 1. The van der Waals surface area contributed by atoms with E-state index in [4.69, 9.17) is 9.15 Å². The Hall–Kier alpha value is -3.06. The minimum atomic E-state index is -0.148. The number of ether oxygens (including phenoxy) is 1. The third-order valence-corrected chi connectivity index (χ3v) is 5.41. The Morgan fingerprint density at radius 3 is 2.57 bits per heavy atom. The van der Waals surface area contributed by atoms with Crippen molar-refractivity contribution in [3.05, 3.63) is 53.9 Å². The van der Waals surface area contributed by atoms with E-state index in [0.717, 1.165) is 36.8 Å². The molecule has 0 spiro atoms. The Kier molecular flexibility index (Phi) is 6.18. The van der Waals surface area contributed by atoms with E-state index in [-0.39, 0.29) is 5.91 Å². The molecule has 0 unspecified atom stereocenters. The van der Waals surface area contributed by atoms with Crippen LogP contribution in [0.25, 0.3) is 17.1 Å². The molecule has 3 aromatic rings. The quantitative estimate of drug-likeness (QED) is 0.646. The van der Waals surface area contributed by atoms with Crippen molar-refractivity contribution < 1.29 is 13.9 Å². The van der Waals surface area contributed by atoms with Crippen molar-refractivity contribution in [2.75, 3.05) is 33.3 Å². The highest BCUT2D eigenvalue weighted by Crippen LogP contribution is 2.24. The van der Waals surface area contributed by atoms with Crippen molar-refractivity contribution in [1.29, 1.82) is 0 Å². The monoisotopic (exact) mass is 408 g/mol. The summed E-state index contributed by atoms with van der Waals surface area (Å²) in [4.78, 5) is 15.4. The summed E-state index contributed by atoms with van der Waals surface area (Å²) in [6, 6.07) is 13.0. The van der Waals surface area contributed by atoms with Crippen molar-refractivity contribution in [2.45, 2.75) is 26.2 Å². The molecule has 0 bridgehead atoms. The molecule has 0 radical (unpaired) electrons. The van der Waals surface area contributed by atoms with Crippen molar-refractivity contribution in [2.24, 2.45) is 0 Å². The number of carbonyl (C=O) groups is 1. The zero-order chi connectivity index (χ0) is 20.9. The van der Waals surface area contributed by atoms with E-state index in [1.807, 2.05) is 43.3 Å². The third-order valence-electron chi connectivity index (χ3n) is 5.41. The lowest BCUT2D eigenvalue weighted by Gasteiger charge is -2.26. The average molecular weight is 409 g/mol. The van der Waals surface area contributed by atoms with Gasteiger partial charge in [0.1, 0.15) is 22.9 Å². The second kappa shape index (κ2) is 9.17. The number of hydrogen-bond acceptors (Lipinski definition) is 5. The summed E-state index contributed by atoms with van der Waals surface area (Å²) < 4.78 is 12.6. The van der Waals surface area contributed by atoms with Gasteiger partial charge < -0.3 is 19.4 Å². The normalized spacial score (nSPS) is 14.6. The van der Waals surface area contributed by atoms with E-state index >= 15 is 0 Å². The van der Waals surface area contributed by atoms with Crippen LogP contribution in [0.1, 0.15) is 35.5 Å². The van der Waals surface area contributed by atoms with Gasteiger partial charge in [0.15, 0.2) is 5.76 Å². The van der Waals surface area contributed by atoms with Crippen molar-refractivity contribution >= 4 is 5.91 Å². The Balaban J connectivity index is 1.55. The first-order valence-electron chi connectivity index (χ1n) is 10.5. The number of furan rings is 1. The highest BCUT2D eigenvalue weighted by Gasteiger charge is 2.19. The number of amides is 1. The lowest BCUT2D eigenvalue weighted by atomic mass is 10.1. The van der Waals surface area contributed by atoms with E-state index in [2.05, 4.69) is 15.3 Å². The van der Waals surface area contributed by atoms with Gasteiger partial charge in [-0.25, -0.2) is 4.68 Å². The summed E-state index contributed by atoms with van der Waals surface area (Å²) in [5.41, 5.74) is 1.88. The van der Waals surface area contributed by atoms with E-state index in [1.165, 1.54) is 19.3 Å². The fourth-order valence-electron chi connectivity index (χ4n) is 3.76. The van der Waals surface area contributed by atoms with Crippen molar-refractivity contribution in [3.8, 4) is 22.9 Å². The largest absolute Gasteiger partial charge is 0.497 e. The standard InChI is InChI=1S/C23H28N4O3/c1-17-6-11-22(30-17)20-16-21(23(28)24-12-15-26-13-4-3-5-14-26)27(25-20)18-7-9-19(29-2)10-8-18/h6-11,16H,3-5,12-15H2,1-2H3,(H,24,28). The van der Waals surface area contributed by atoms with Gasteiger partial charge in [0.05, 0.1) is 12.8 Å². The van der Waals surface area contributed by atoms with Gasteiger partial charge in [-0.05, 0) is 69.3 Å². The zero-order valence-corrected chi connectivity index (χ0v) is 17.6. The molecule has 2 aromatic heterocycles. The lowest BCUT2D eigenvalue weighted by Crippen LogP contribution is -2.38. The number of nitrogens with one attached hydrogen (secondary N) is 1. The van der Waals surface area contributed by atoms with Gasteiger partial charge in [0.25, 0.3) is 5.91 Å². The summed E-state index contributed by atoms with van der Waals surface area (Å²) in [5, 5.41) is 7.70. The Labute approximate surface area is 176 Å².